The van der Waals surface area contributed by atoms with Gasteiger partial charge in [0.1, 0.15) is 6.61 Å². The zero-order valence-electron chi connectivity index (χ0n) is 8.91. The summed E-state index contributed by atoms with van der Waals surface area (Å²) in [7, 11) is 0. The van der Waals surface area contributed by atoms with E-state index in [2.05, 4.69) is 5.32 Å². The summed E-state index contributed by atoms with van der Waals surface area (Å²) >= 11 is 0. The molecule has 0 spiro atoms. The lowest BCUT2D eigenvalue weighted by Crippen LogP contribution is -2.27. The van der Waals surface area contributed by atoms with E-state index >= 15 is 0 Å². The average molecular weight is 204 g/mol. The number of carbonyl (C=O) groups is 1. The molecule has 0 saturated carbocycles. The van der Waals surface area contributed by atoms with Crippen molar-refractivity contribution >= 4 is 5.91 Å². The molecule has 0 aliphatic rings. The second kappa shape index (κ2) is 8.93. The van der Waals surface area contributed by atoms with Gasteiger partial charge in [-0.2, -0.15) is 0 Å². The molecule has 3 N–H and O–H groups in total. The number of rotatable bonds is 9. The van der Waals surface area contributed by atoms with Crippen LogP contribution in [0.4, 0.5) is 0 Å². The van der Waals surface area contributed by atoms with Gasteiger partial charge in [-0.15, -0.1) is 0 Å². The van der Waals surface area contributed by atoms with Crippen molar-refractivity contribution in [3.05, 3.63) is 0 Å². The molecule has 0 bridgehead atoms. The van der Waals surface area contributed by atoms with Gasteiger partial charge < -0.3 is 20.5 Å². The molecule has 5 nitrogen and oxygen atoms in total. The lowest BCUT2D eigenvalue weighted by molar-refractivity contribution is -0.122. The van der Waals surface area contributed by atoms with Crippen LogP contribution in [0.15, 0.2) is 0 Å². The van der Waals surface area contributed by atoms with E-state index in [1.165, 1.54) is 0 Å². The first kappa shape index (κ1) is 13.4. The van der Waals surface area contributed by atoms with Crippen LogP contribution in [0, 0.1) is 0 Å². The van der Waals surface area contributed by atoms with Gasteiger partial charge in [-0.05, 0) is 13.8 Å². The fourth-order valence-electron chi connectivity index (χ4n) is 0.809. The van der Waals surface area contributed by atoms with E-state index in [1.54, 1.807) is 0 Å². The highest BCUT2D eigenvalue weighted by Gasteiger charge is 1.94. The SMILES string of the molecule is CC(C)OCCNCCOCC(N)=O. The largest absolute Gasteiger partial charge is 0.377 e. The lowest BCUT2D eigenvalue weighted by Gasteiger charge is -2.08. The molecule has 0 heterocycles. The standard InChI is InChI=1S/C9H20N2O3/c1-8(2)14-6-4-11-3-5-13-7-9(10)12/h8,11H,3-7H2,1-2H3,(H2,10,12). The molecule has 0 rings (SSSR count). The van der Waals surface area contributed by atoms with Gasteiger partial charge in [-0.25, -0.2) is 0 Å². The molecule has 1 amide bonds. The van der Waals surface area contributed by atoms with Crippen LogP contribution in [0.25, 0.3) is 0 Å². The molecule has 0 radical (unpaired) electrons. The zero-order chi connectivity index (χ0) is 10.8. The summed E-state index contributed by atoms with van der Waals surface area (Å²) < 4.78 is 10.3. The molecular formula is C9H20N2O3. The minimum atomic E-state index is -0.437. The topological polar surface area (TPSA) is 73.6 Å². The van der Waals surface area contributed by atoms with Crippen molar-refractivity contribution in [2.45, 2.75) is 20.0 Å². The Morgan fingerprint density at radius 1 is 1.36 bits per heavy atom. The number of hydrogen-bond donors (Lipinski definition) is 2. The third-order valence-corrected chi connectivity index (χ3v) is 1.40. The van der Waals surface area contributed by atoms with Crippen molar-refractivity contribution in [3.8, 4) is 0 Å². The van der Waals surface area contributed by atoms with Gasteiger partial charge in [0.05, 0.1) is 19.3 Å². The average Bonchev–Trinajstić information content (AvgIpc) is 2.08. The number of nitrogens with one attached hydrogen (secondary N) is 1. The fraction of sp³-hybridized carbons (Fsp3) is 0.889. The maximum Gasteiger partial charge on any atom is 0.243 e. The third-order valence-electron chi connectivity index (χ3n) is 1.40. The van der Waals surface area contributed by atoms with Crippen LogP contribution in [0.1, 0.15) is 13.8 Å². The quantitative estimate of drug-likeness (QED) is 0.497. The van der Waals surface area contributed by atoms with Gasteiger partial charge in [0, 0.05) is 13.1 Å². The fourth-order valence-corrected chi connectivity index (χ4v) is 0.809. The molecule has 0 aromatic carbocycles. The molecule has 0 fully saturated rings. The first-order valence-corrected chi connectivity index (χ1v) is 4.81. The summed E-state index contributed by atoms with van der Waals surface area (Å²) in [6.07, 6.45) is 0.267. The molecule has 0 aliphatic heterocycles. The Morgan fingerprint density at radius 2 is 2.00 bits per heavy atom. The van der Waals surface area contributed by atoms with Gasteiger partial charge in [-0.3, -0.25) is 4.79 Å². The number of carbonyl (C=O) groups excluding carboxylic acids is 1. The van der Waals surface area contributed by atoms with Crippen LogP contribution < -0.4 is 11.1 Å². The van der Waals surface area contributed by atoms with Crippen LogP contribution in [-0.4, -0.2) is 44.9 Å². The minimum absolute atomic E-state index is 0.00975. The smallest absolute Gasteiger partial charge is 0.243 e. The van der Waals surface area contributed by atoms with Crippen molar-refractivity contribution in [2.75, 3.05) is 32.9 Å². The number of primary amides is 1. The van der Waals surface area contributed by atoms with Gasteiger partial charge in [-0.1, -0.05) is 0 Å². The third kappa shape index (κ3) is 11.4. The maximum absolute atomic E-state index is 10.3. The summed E-state index contributed by atoms with van der Waals surface area (Å²) in [5.74, 6) is -0.437. The first-order valence-electron chi connectivity index (χ1n) is 4.81. The molecule has 0 saturated heterocycles. The van der Waals surface area contributed by atoms with E-state index in [9.17, 15) is 4.79 Å². The van der Waals surface area contributed by atoms with Crippen LogP contribution in [0.3, 0.4) is 0 Å². The monoisotopic (exact) mass is 204 g/mol. The number of hydrogen-bond acceptors (Lipinski definition) is 4. The molecule has 0 aromatic rings. The Bertz CT molecular complexity index is 151. The maximum atomic E-state index is 10.3. The second-order valence-corrected chi connectivity index (χ2v) is 3.19. The van der Waals surface area contributed by atoms with E-state index in [0.717, 1.165) is 6.54 Å². The van der Waals surface area contributed by atoms with Crippen molar-refractivity contribution in [1.82, 2.24) is 5.32 Å². The van der Waals surface area contributed by atoms with Crippen molar-refractivity contribution in [2.24, 2.45) is 5.73 Å². The summed E-state index contributed by atoms with van der Waals surface area (Å²) in [4.78, 5) is 10.3. The number of ether oxygens (including phenoxy) is 2. The molecule has 0 aromatic heterocycles. The predicted octanol–water partition coefficient (Wildman–Crippen LogP) is -0.497. The van der Waals surface area contributed by atoms with E-state index in [1.807, 2.05) is 13.8 Å². The van der Waals surface area contributed by atoms with Crippen LogP contribution in [-0.2, 0) is 14.3 Å². The minimum Gasteiger partial charge on any atom is -0.377 e. The summed E-state index contributed by atoms with van der Waals surface area (Å²) in [6.45, 7) is 6.65. The first-order chi connectivity index (χ1) is 6.63. The van der Waals surface area contributed by atoms with E-state index < -0.39 is 5.91 Å². The molecule has 14 heavy (non-hydrogen) atoms. The molecule has 84 valence electrons. The van der Waals surface area contributed by atoms with Crippen LogP contribution in [0.2, 0.25) is 0 Å². The normalized spacial score (nSPS) is 10.8. The summed E-state index contributed by atoms with van der Waals surface area (Å²) in [6, 6.07) is 0. The van der Waals surface area contributed by atoms with Crippen molar-refractivity contribution in [1.29, 1.82) is 0 Å². The highest BCUT2D eigenvalue weighted by Crippen LogP contribution is 1.84. The molecule has 5 heteroatoms. The second-order valence-electron chi connectivity index (χ2n) is 3.19. The zero-order valence-corrected chi connectivity index (χ0v) is 8.91. The molecule has 0 unspecified atom stereocenters. The van der Waals surface area contributed by atoms with E-state index in [-0.39, 0.29) is 12.7 Å². The highest BCUT2D eigenvalue weighted by molar-refractivity contribution is 5.74. The lowest BCUT2D eigenvalue weighted by atomic mass is 10.5. The van der Waals surface area contributed by atoms with E-state index in [4.69, 9.17) is 15.2 Å². The van der Waals surface area contributed by atoms with Crippen molar-refractivity contribution in [3.63, 3.8) is 0 Å². The molecule has 0 atom stereocenters. The Balaban J connectivity index is 2.96. The van der Waals surface area contributed by atoms with E-state index in [0.29, 0.717) is 19.8 Å². The van der Waals surface area contributed by atoms with Gasteiger partial charge in [0.25, 0.3) is 0 Å². The van der Waals surface area contributed by atoms with Crippen molar-refractivity contribution < 1.29 is 14.3 Å². The summed E-state index contributed by atoms with van der Waals surface area (Å²) in [5, 5.41) is 3.11. The predicted molar refractivity (Wildman–Crippen MR) is 54.0 cm³/mol. The Labute approximate surface area is 84.9 Å². The highest BCUT2D eigenvalue weighted by atomic mass is 16.5. The number of nitrogens with two attached hydrogens (primary N) is 1. The summed E-state index contributed by atoms with van der Waals surface area (Å²) in [5.41, 5.74) is 4.88. The van der Waals surface area contributed by atoms with Gasteiger partial charge in [0.2, 0.25) is 5.91 Å². The van der Waals surface area contributed by atoms with Crippen LogP contribution in [0.5, 0.6) is 0 Å². The van der Waals surface area contributed by atoms with Gasteiger partial charge in [0.15, 0.2) is 0 Å². The number of amides is 1. The van der Waals surface area contributed by atoms with Crippen LogP contribution >= 0.6 is 0 Å². The Hall–Kier alpha value is -0.650. The molecule has 0 aliphatic carbocycles. The Kier molecular flexibility index (Phi) is 8.51. The molecular weight excluding hydrogens is 184 g/mol. The van der Waals surface area contributed by atoms with Gasteiger partial charge >= 0.3 is 0 Å². The Morgan fingerprint density at radius 3 is 2.57 bits per heavy atom.